The van der Waals surface area contributed by atoms with Crippen molar-refractivity contribution in [2.24, 2.45) is 0 Å². The van der Waals surface area contributed by atoms with Crippen LogP contribution in [-0.4, -0.2) is 73.7 Å². The smallest absolute Gasteiger partial charge is 0.261 e. The molecule has 4 aliphatic heterocycles. The Labute approximate surface area is 348 Å². The van der Waals surface area contributed by atoms with Gasteiger partial charge in [0.2, 0.25) is 0 Å². The van der Waals surface area contributed by atoms with Crippen molar-refractivity contribution >= 4 is 57.3 Å². The minimum Gasteiger partial charge on any atom is -0.348 e. The number of amides is 2. The van der Waals surface area contributed by atoms with E-state index in [0.717, 1.165) is 45.3 Å². The second-order valence-electron chi connectivity index (χ2n) is 14.7. The summed E-state index contributed by atoms with van der Waals surface area (Å²) in [5.74, 6) is -0.589. The predicted octanol–water partition coefficient (Wildman–Crippen LogP) is 9.18. The standard InChI is InChI=1S/C50H42N4O6/c55-49-45-46(48(52(49)34-44-59-31-32-60-44)36-23-27-42(28-24-36)54(39-17-9-3-10-18-39)40-19-11-4-12-20-40)50(56)51(33-43-57-29-30-58-43)47(45)35-21-25-41(26-22-35)53(37-13-5-1-6-14-37)38-15-7-2-8-16-38/h1-28,43-44H,29-34H2. The lowest BCUT2D eigenvalue weighted by molar-refractivity contribution is -0.128. The molecular weight excluding hydrogens is 753 g/mol. The van der Waals surface area contributed by atoms with E-state index in [1.54, 1.807) is 9.80 Å². The third-order valence-electron chi connectivity index (χ3n) is 11.1. The molecule has 60 heavy (non-hydrogen) atoms. The van der Waals surface area contributed by atoms with Crippen molar-refractivity contribution in [3.8, 4) is 0 Å². The van der Waals surface area contributed by atoms with Crippen LogP contribution in [0, 0.1) is 0 Å². The van der Waals surface area contributed by atoms with E-state index >= 15 is 9.59 Å². The van der Waals surface area contributed by atoms with Gasteiger partial charge in [0.15, 0.2) is 12.6 Å². The van der Waals surface area contributed by atoms with E-state index in [9.17, 15) is 0 Å². The number of rotatable bonds is 12. The molecular formula is C50H42N4O6. The van der Waals surface area contributed by atoms with Gasteiger partial charge in [0.1, 0.15) is 0 Å². The molecule has 0 unspecified atom stereocenters. The second-order valence-corrected chi connectivity index (χ2v) is 14.7. The fourth-order valence-electron chi connectivity index (χ4n) is 8.41. The van der Waals surface area contributed by atoms with E-state index in [0.29, 0.717) is 49.0 Å². The number of fused-ring (bicyclic) bond motifs is 1. The largest absolute Gasteiger partial charge is 0.348 e. The molecule has 0 radical (unpaired) electrons. The maximum absolute atomic E-state index is 15.0. The fraction of sp³-hybridized carbons (Fsp3) is 0.160. The average molecular weight is 795 g/mol. The first-order valence-electron chi connectivity index (χ1n) is 20.2. The summed E-state index contributed by atoms with van der Waals surface area (Å²) in [4.78, 5) is 37.7. The predicted molar refractivity (Wildman–Crippen MR) is 231 cm³/mol. The van der Waals surface area contributed by atoms with Crippen LogP contribution >= 0.6 is 0 Å². The summed E-state index contributed by atoms with van der Waals surface area (Å²) in [6.07, 6.45) is -1.27. The van der Waals surface area contributed by atoms with Gasteiger partial charge in [0.25, 0.3) is 11.8 Å². The Kier molecular flexibility index (Phi) is 10.3. The van der Waals surface area contributed by atoms with Crippen molar-refractivity contribution in [3.63, 3.8) is 0 Å². The third kappa shape index (κ3) is 7.05. The van der Waals surface area contributed by atoms with Gasteiger partial charge in [0, 0.05) is 34.1 Å². The minimum absolute atomic E-state index is 0.126. The highest BCUT2D eigenvalue weighted by atomic mass is 16.7. The molecule has 0 aliphatic carbocycles. The average Bonchev–Trinajstić information content (AvgIpc) is 4.12. The van der Waals surface area contributed by atoms with Crippen LogP contribution in [0.4, 0.5) is 34.1 Å². The molecule has 0 bridgehead atoms. The molecule has 298 valence electrons. The molecule has 2 fully saturated rings. The summed E-state index contributed by atoms with van der Waals surface area (Å²) < 4.78 is 23.5. The molecule has 10 heteroatoms. The van der Waals surface area contributed by atoms with Crippen LogP contribution in [0.25, 0.3) is 11.4 Å². The Hall–Kier alpha value is -6.82. The zero-order valence-corrected chi connectivity index (χ0v) is 32.8. The van der Waals surface area contributed by atoms with Gasteiger partial charge in [-0.1, -0.05) is 97.1 Å². The van der Waals surface area contributed by atoms with Crippen molar-refractivity contribution in [2.45, 2.75) is 12.6 Å². The van der Waals surface area contributed by atoms with Crippen LogP contribution in [0.15, 0.2) is 181 Å². The molecule has 0 aromatic heterocycles. The maximum Gasteiger partial charge on any atom is 0.261 e. The summed E-state index contributed by atoms with van der Waals surface area (Å²) in [6, 6.07) is 56.7. The first-order chi connectivity index (χ1) is 29.6. The van der Waals surface area contributed by atoms with E-state index in [1.165, 1.54) is 0 Å². The molecule has 10 nitrogen and oxygen atoms in total. The second kappa shape index (κ2) is 16.4. The highest BCUT2D eigenvalue weighted by Gasteiger charge is 2.50. The number of hydrogen-bond acceptors (Lipinski definition) is 8. The molecule has 0 atom stereocenters. The van der Waals surface area contributed by atoms with Crippen molar-refractivity contribution in [3.05, 3.63) is 192 Å². The maximum atomic E-state index is 15.0. The number of para-hydroxylation sites is 4. The van der Waals surface area contributed by atoms with Gasteiger partial charge < -0.3 is 38.5 Å². The molecule has 0 spiro atoms. The molecule has 0 N–H and O–H groups in total. The SMILES string of the molecule is O=C1C2=C(c3ccc(N(c4ccccc4)c4ccccc4)cc3)N(CC3OCCO3)C(=O)C2=C(c2ccc(N(c3ccccc3)c3ccccc3)cc2)N1CC1OCCO1. The quantitative estimate of drug-likeness (QED) is 0.121. The van der Waals surface area contributed by atoms with Crippen LogP contribution in [0.2, 0.25) is 0 Å². The number of anilines is 6. The summed E-state index contributed by atoms with van der Waals surface area (Å²) in [5, 5.41) is 0. The van der Waals surface area contributed by atoms with Gasteiger partial charge in [0.05, 0.1) is 62.1 Å². The van der Waals surface area contributed by atoms with Gasteiger partial charge in [-0.15, -0.1) is 0 Å². The third-order valence-corrected chi connectivity index (χ3v) is 11.1. The first kappa shape index (κ1) is 37.5. The fourth-order valence-corrected chi connectivity index (χ4v) is 8.41. The van der Waals surface area contributed by atoms with Crippen molar-refractivity contribution in [1.82, 2.24) is 9.80 Å². The topological polar surface area (TPSA) is 84.0 Å². The van der Waals surface area contributed by atoms with Crippen LogP contribution < -0.4 is 9.80 Å². The molecule has 0 saturated carbocycles. The number of nitrogens with zero attached hydrogens (tertiary/aromatic N) is 4. The van der Waals surface area contributed by atoms with Gasteiger partial charge in [-0.2, -0.15) is 0 Å². The van der Waals surface area contributed by atoms with E-state index < -0.39 is 12.6 Å². The Morgan fingerprint density at radius 1 is 0.383 bits per heavy atom. The molecule has 2 saturated heterocycles. The van der Waals surface area contributed by atoms with E-state index in [4.69, 9.17) is 18.9 Å². The number of benzene rings is 6. The van der Waals surface area contributed by atoms with Crippen LogP contribution in [0.3, 0.4) is 0 Å². The van der Waals surface area contributed by atoms with Gasteiger partial charge in [-0.3, -0.25) is 9.59 Å². The highest BCUT2D eigenvalue weighted by Crippen LogP contribution is 2.48. The van der Waals surface area contributed by atoms with Gasteiger partial charge >= 0.3 is 0 Å². The monoisotopic (exact) mass is 794 g/mol. The lowest BCUT2D eigenvalue weighted by Gasteiger charge is -2.28. The number of ether oxygens (including phenoxy) is 4. The molecule has 6 aromatic rings. The number of hydrogen-bond donors (Lipinski definition) is 0. The lowest BCUT2D eigenvalue weighted by atomic mass is 10.0. The first-order valence-corrected chi connectivity index (χ1v) is 20.2. The molecule has 4 aliphatic rings. The van der Waals surface area contributed by atoms with E-state index in [2.05, 4.69) is 58.3 Å². The molecule has 10 rings (SSSR count). The normalized spacial score (nSPS) is 17.0. The van der Waals surface area contributed by atoms with Crippen LogP contribution in [0.5, 0.6) is 0 Å². The molecule has 6 aromatic carbocycles. The molecule has 2 amide bonds. The number of carbonyl (C=O) groups is 2. The van der Waals surface area contributed by atoms with Crippen molar-refractivity contribution in [2.75, 3.05) is 49.3 Å². The zero-order valence-electron chi connectivity index (χ0n) is 32.8. The minimum atomic E-state index is -0.633. The zero-order chi connectivity index (χ0) is 40.4. The van der Waals surface area contributed by atoms with Gasteiger partial charge in [-0.05, 0) is 83.9 Å². The van der Waals surface area contributed by atoms with Crippen LogP contribution in [-0.2, 0) is 28.5 Å². The van der Waals surface area contributed by atoms with Crippen LogP contribution in [0.1, 0.15) is 11.1 Å². The van der Waals surface area contributed by atoms with Crippen molar-refractivity contribution in [1.29, 1.82) is 0 Å². The van der Waals surface area contributed by atoms with E-state index in [1.807, 2.05) is 121 Å². The Bertz CT molecular complexity index is 2280. The summed E-state index contributed by atoms with van der Waals surface area (Å²) in [5.41, 5.74) is 8.98. The Balaban J connectivity index is 1.09. The summed E-state index contributed by atoms with van der Waals surface area (Å²) >= 11 is 0. The lowest BCUT2D eigenvalue weighted by Crippen LogP contribution is -2.37. The van der Waals surface area contributed by atoms with Crippen molar-refractivity contribution < 1.29 is 28.5 Å². The summed E-state index contributed by atoms with van der Waals surface area (Å²) in [7, 11) is 0. The Morgan fingerprint density at radius 3 is 0.933 bits per heavy atom. The Morgan fingerprint density at radius 2 is 0.650 bits per heavy atom. The number of carbonyl (C=O) groups excluding carboxylic acids is 2. The van der Waals surface area contributed by atoms with E-state index in [-0.39, 0.29) is 24.9 Å². The highest BCUT2D eigenvalue weighted by molar-refractivity contribution is 6.30. The molecule has 4 heterocycles. The van der Waals surface area contributed by atoms with Gasteiger partial charge in [-0.25, -0.2) is 0 Å². The summed E-state index contributed by atoms with van der Waals surface area (Å²) in [6.45, 7) is 1.97.